The lowest BCUT2D eigenvalue weighted by Crippen LogP contribution is -2.42. The molecule has 1 unspecified atom stereocenters. The van der Waals surface area contributed by atoms with Crippen LogP contribution in [0, 0.1) is 20.8 Å². The number of hydrogen-bond acceptors (Lipinski definition) is 4. The van der Waals surface area contributed by atoms with Crippen molar-refractivity contribution in [3.05, 3.63) is 80.7 Å². The van der Waals surface area contributed by atoms with Gasteiger partial charge >= 0.3 is 6.09 Å². The van der Waals surface area contributed by atoms with E-state index in [4.69, 9.17) is 10.3 Å². The third kappa shape index (κ3) is 3.85. The average Bonchev–Trinajstić information content (AvgIpc) is 3.03. The maximum absolute atomic E-state index is 13.3. The summed E-state index contributed by atoms with van der Waals surface area (Å²) in [5.41, 5.74) is 13.5. The molecule has 3 rings (SSSR count). The first-order chi connectivity index (χ1) is 13.4. The molecule has 144 valence electrons. The van der Waals surface area contributed by atoms with Crippen LogP contribution in [-0.2, 0) is 16.0 Å². The lowest BCUT2D eigenvalue weighted by Gasteiger charge is -2.24. The molecule has 2 atom stereocenters. The fraction of sp³-hybridized carbons (Fsp3) is 0.333. The summed E-state index contributed by atoms with van der Waals surface area (Å²) in [6, 6.07) is 11.9. The maximum Gasteiger partial charge on any atom is 0.417 e. The number of amides is 2. The lowest BCUT2D eigenvalue weighted by molar-refractivity contribution is -0.130. The highest BCUT2D eigenvalue weighted by molar-refractivity contribution is 5.97. The molecular weight excluding hydrogens is 356 g/mol. The topological polar surface area (TPSA) is 95.4 Å². The molecule has 0 saturated carbocycles. The monoisotopic (exact) mass is 378 g/mol. The number of hydrogen-bond donors (Lipinski definition) is 0. The number of azide groups is 1. The molecule has 0 aliphatic carbocycles. The number of imide groups is 1. The SMILES string of the molecule is Cc1cc(C)c(C)c(C(N=[N+]=[N-])C(=O)N2C(=O)OC[C@@H]2Cc2ccccc2)c1. The number of nitrogens with zero attached hydrogens (tertiary/aromatic N) is 4. The Labute approximate surface area is 163 Å². The van der Waals surface area contributed by atoms with Gasteiger partial charge in [-0.1, -0.05) is 53.1 Å². The first-order valence-corrected chi connectivity index (χ1v) is 9.08. The standard InChI is InChI=1S/C21H22N4O3/c1-13-9-14(2)15(3)18(10-13)19(23-24-22)20(26)25-17(12-28-21(25)27)11-16-7-5-4-6-8-16/h4-10,17,19H,11-12H2,1-3H3/t17-,19?/m0/s1. The van der Waals surface area contributed by atoms with Crippen molar-refractivity contribution in [1.82, 2.24) is 4.90 Å². The van der Waals surface area contributed by atoms with E-state index in [1.54, 1.807) is 0 Å². The van der Waals surface area contributed by atoms with Gasteiger partial charge in [-0.25, -0.2) is 9.69 Å². The molecule has 1 aliphatic heterocycles. The minimum absolute atomic E-state index is 0.119. The van der Waals surface area contributed by atoms with E-state index in [-0.39, 0.29) is 6.61 Å². The average molecular weight is 378 g/mol. The van der Waals surface area contributed by atoms with Crippen molar-refractivity contribution in [2.75, 3.05) is 6.61 Å². The molecule has 28 heavy (non-hydrogen) atoms. The molecule has 2 aromatic rings. The molecule has 1 heterocycles. The van der Waals surface area contributed by atoms with Crippen molar-refractivity contribution < 1.29 is 14.3 Å². The number of benzene rings is 2. The van der Waals surface area contributed by atoms with Gasteiger partial charge in [0.25, 0.3) is 0 Å². The van der Waals surface area contributed by atoms with Gasteiger partial charge in [0, 0.05) is 4.91 Å². The Morgan fingerprint density at radius 2 is 2.00 bits per heavy atom. The number of cyclic esters (lactones) is 1. The zero-order valence-electron chi connectivity index (χ0n) is 16.1. The second-order valence-corrected chi connectivity index (χ2v) is 7.03. The molecule has 0 N–H and O–H groups in total. The Kier molecular flexibility index (Phi) is 5.66. The third-order valence-corrected chi connectivity index (χ3v) is 5.06. The summed E-state index contributed by atoms with van der Waals surface area (Å²) >= 11 is 0. The van der Waals surface area contributed by atoms with Crippen LogP contribution in [0.3, 0.4) is 0 Å². The molecule has 0 bridgehead atoms. The fourth-order valence-corrected chi connectivity index (χ4v) is 3.55. The summed E-state index contributed by atoms with van der Waals surface area (Å²) in [6.07, 6.45) is -0.223. The molecule has 0 aromatic heterocycles. The molecule has 2 aromatic carbocycles. The second-order valence-electron chi connectivity index (χ2n) is 7.03. The summed E-state index contributed by atoms with van der Waals surface area (Å²) < 4.78 is 5.14. The Morgan fingerprint density at radius 1 is 1.29 bits per heavy atom. The van der Waals surface area contributed by atoms with E-state index < -0.39 is 24.1 Å². The highest BCUT2D eigenvalue weighted by atomic mass is 16.6. The Bertz CT molecular complexity index is 952. The van der Waals surface area contributed by atoms with Crippen LogP contribution in [-0.4, -0.2) is 29.5 Å². The molecular formula is C21H22N4O3. The number of ether oxygens (including phenoxy) is 1. The summed E-state index contributed by atoms with van der Waals surface area (Å²) in [4.78, 5) is 29.6. The Balaban J connectivity index is 1.96. The van der Waals surface area contributed by atoms with Gasteiger partial charge in [0.1, 0.15) is 12.6 Å². The van der Waals surface area contributed by atoms with Crippen LogP contribution in [0.4, 0.5) is 4.79 Å². The first-order valence-electron chi connectivity index (χ1n) is 9.08. The first kappa shape index (κ1) is 19.5. The second kappa shape index (κ2) is 8.15. The summed E-state index contributed by atoms with van der Waals surface area (Å²) in [5, 5.41) is 3.74. The van der Waals surface area contributed by atoms with E-state index in [2.05, 4.69) is 10.0 Å². The zero-order valence-corrected chi connectivity index (χ0v) is 16.1. The van der Waals surface area contributed by atoms with Crippen LogP contribution in [0.1, 0.15) is 33.9 Å². The smallest absolute Gasteiger partial charge is 0.417 e. The number of carbonyl (C=O) groups excluding carboxylic acids is 2. The van der Waals surface area contributed by atoms with Gasteiger partial charge in [0.15, 0.2) is 0 Å². The molecule has 0 radical (unpaired) electrons. The molecule has 0 spiro atoms. The summed E-state index contributed by atoms with van der Waals surface area (Å²) in [5.74, 6) is -0.561. The highest BCUT2D eigenvalue weighted by Gasteiger charge is 2.41. The molecule has 2 amide bonds. The van der Waals surface area contributed by atoms with Crippen molar-refractivity contribution in [2.45, 2.75) is 39.3 Å². The van der Waals surface area contributed by atoms with E-state index in [0.29, 0.717) is 12.0 Å². The minimum Gasteiger partial charge on any atom is -0.447 e. The van der Waals surface area contributed by atoms with Crippen molar-refractivity contribution >= 4 is 12.0 Å². The highest BCUT2D eigenvalue weighted by Crippen LogP contribution is 2.30. The molecule has 7 heteroatoms. The van der Waals surface area contributed by atoms with Crippen LogP contribution in [0.25, 0.3) is 10.4 Å². The van der Waals surface area contributed by atoms with Crippen LogP contribution in [0.5, 0.6) is 0 Å². The normalized spacial score (nSPS) is 17.0. The van der Waals surface area contributed by atoms with Crippen molar-refractivity contribution in [3.63, 3.8) is 0 Å². The van der Waals surface area contributed by atoms with Gasteiger partial charge < -0.3 is 4.74 Å². The van der Waals surface area contributed by atoms with Gasteiger partial charge in [0.2, 0.25) is 5.91 Å². The maximum atomic E-state index is 13.3. The van der Waals surface area contributed by atoms with E-state index in [1.807, 2.05) is 63.2 Å². The summed E-state index contributed by atoms with van der Waals surface area (Å²) in [7, 11) is 0. The van der Waals surface area contributed by atoms with Crippen LogP contribution in [0.2, 0.25) is 0 Å². The molecule has 7 nitrogen and oxygen atoms in total. The number of rotatable bonds is 5. The lowest BCUT2D eigenvalue weighted by atomic mass is 9.94. The van der Waals surface area contributed by atoms with Crippen molar-refractivity contribution in [2.24, 2.45) is 5.11 Å². The molecule has 1 saturated heterocycles. The Hall–Kier alpha value is -3.31. The van der Waals surface area contributed by atoms with E-state index >= 15 is 0 Å². The van der Waals surface area contributed by atoms with E-state index in [0.717, 1.165) is 27.2 Å². The van der Waals surface area contributed by atoms with Crippen LogP contribution in [0.15, 0.2) is 47.6 Å². The summed E-state index contributed by atoms with van der Waals surface area (Å²) in [6.45, 7) is 5.84. The van der Waals surface area contributed by atoms with E-state index in [1.165, 1.54) is 0 Å². The zero-order chi connectivity index (χ0) is 20.3. The van der Waals surface area contributed by atoms with Gasteiger partial charge in [0.05, 0.1) is 6.04 Å². The predicted molar refractivity (Wildman–Crippen MR) is 105 cm³/mol. The van der Waals surface area contributed by atoms with Crippen LogP contribution >= 0.6 is 0 Å². The van der Waals surface area contributed by atoms with Gasteiger partial charge in [-0.15, -0.1) is 0 Å². The quantitative estimate of drug-likeness (QED) is 0.434. The molecule has 1 fully saturated rings. The van der Waals surface area contributed by atoms with Crippen LogP contribution < -0.4 is 0 Å². The molecule has 1 aliphatic rings. The van der Waals surface area contributed by atoms with Gasteiger partial charge in [-0.3, -0.25) is 4.79 Å². The van der Waals surface area contributed by atoms with Crippen molar-refractivity contribution in [1.29, 1.82) is 0 Å². The predicted octanol–water partition coefficient (Wildman–Crippen LogP) is 4.55. The van der Waals surface area contributed by atoms with Gasteiger partial charge in [-0.05, 0) is 55.0 Å². The van der Waals surface area contributed by atoms with E-state index in [9.17, 15) is 9.59 Å². The van der Waals surface area contributed by atoms with Crippen molar-refractivity contribution in [3.8, 4) is 0 Å². The number of carbonyl (C=O) groups is 2. The largest absolute Gasteiger partial charge is 0.447 e. The Morgan fingerprint density at radius 3 is 2.68 bits per heavy atom. The minimum atomic E-state index is -1.12. The third-order valence-electron chi connectivity index (χ3n) is 5.06. The van der Waals surface area contributed by atoms with Gasteiger partial charge in [-0.2, -0.15) is 0 Å². The fourth-order valence-electron chi connectivity index (χ4n) is 3.55. The number of aryl methyl sites for hydroxylation is 2.